The first kappa shape index (κ1) is 16.8. The van der Waals surface area contributed by atoms with Crippen molar-refractivity contribution in [1.29, 1.82) is 0 Å². The number of carboxylic acid groups (broad SMARTS) is 1. The molecule has 122 valence electrons. The monoisotopic (exact) mass is 327 g/mol. The summed E-state index contributed by atoms with van der Waals surface area (Å²) >= 11 is 0. The predicted octanol–water partition coefficient (Wildman–Crippen LogP) is 1.96. The van der Waals surface area contributed by atoms with Gasteiger partial charge in [-0.1, -0.05) is 6.92 Å². The minimum absolute atomic E-state index is 0.213. The van der Waals surface area contributed by atoms with Gasteiger partial charge in [0.25, 0.3) is 0 Å². The zero-order valence-corrected chi connectivity index (χ0v) is 13.4. The van der Waals surface area contributed by atoms with Crippen LogP contribution in [-0.2, 0) is 14.8 Å². The molecule has 1 saturated heterocycles. The standard InChI is InChI=1S/C15H21NO5S/c1-2-11-21-13-3-5-14(6-4-13)22(19,20)16-9-7-12(8-10-16)15(17)18/h3-6,12H,2,7-11H2,1H3,(H,17,18). The molecule has 2 rings (SSSR count). The number of ether oxygens (including phenoxy) is 1. The molecule has 22 heavy (non-hydrogen) atoms. The maximum absolute atomic E-state index is 12.5. The van der Waals surface area contributed by atoms with Gasteiger partial charge in [0.1, 0.15) is 5.75 Å². The van der Waals surface area contributed by atoms with Crippen LogP contribution in [-0.4, -0.2) is 43.5 Å². The highest BCUT2D eigenvalue weighted by molar-refractivity contribution is 7.89. The van der Waals surface area contributed by atoms with E-state index in [0.29, 0.717) is 25.2 Å². The SMILES string of the molecule is CCCOc1ccc(S(=O)(=O)N2CCC(C(=O)O)CC2)cc1. The molecule has 0 saturated carbocycles. The highest BCUT2D eigenvalue weighted by Crippen LogP contribution is 2.25. The van der Waals surface area contributed by atoms with Crippen molar-refractivity contribution in [2.75, 3.05) is 19.7 Å². The minimum Gasteiger partial charge on any atom is -0.494 e. The number of nitrogens with zero attached hydrogens (tertiary/aromatic N) is 1. The molecule has 1 heterocycles. The number of carbonyl (C=O) groups is 1. The van der Waals surface area contributed by atoms with E-state index in [1.807, 2.05) is 6.92 Å². The first-order chi connectivity index (χ1) is 10.4. The lowest BCUT2D eigenvalue weighted by Gasteiger charge is -2.29. The molecule has 0 bridgehead atoms. The molecule has 7 heteroatoms. The third-order valence-corrected chi connectivity index (χ3v) is 5.65. The molecule has 1 aliphatic heterocycles. The number of sulfonamides is 1. The van der Waals surface area contributed by atoms with E-state index in [4.69, 9.17) is 9.84 Å². The topological polar surface area (TPSA) is 83.9 Å². The van der Waals surface area contributed by atoms with E-state index in [1.54, 1.807) is 12.1 Å². The van der Waals surface area contributed by atoms with E-state index >= 15 is 0 Å². The third-order valence-electron chi connectivity index (χ3n) is 3.74. The molecule has 6 nitrogen and oxygen atoms in total. The lowest BCUT2D eigenvalue weighted by molar-refractivity contribution is -0.142. The van der Waals surface area contributed by atoms with Gasteiger partial charge >= 0.3 is 5.97 Å². The number of hydrogen-bond donors (Lipinski definition) is 1. The molecular formula is C15H21NO5S. The van der Waals surface area contributed by atoms with Gasteiger partial charge in [0, 0.05) is 13.1 Å². The summed E-state index contributed by atoms with van der Waals surface area (Å²) in [5.41, 5.74) is 0. The Morgan fingerprint density at radius 2 is 1.86 bits per heavy atom. The van der Waals surface area contributed by atoms with E-state index in [-0.39, 0.29) is 18.0 Å². The van der Waals surface area contributed by atoms with E-state index in [9.17, 15) is 13.2 Å². The van der Waals surface area contributed by atoms with Crippen molar-refractivity contribution in [1.82, 2.24) is 4.31 Å². The number of piperidine rings is 1. The normalized spacial score (nSPS) is 17.3. The summed E-state index contributed by atoms with van der Waals surface area (Å²) in [5, 5.41) is 8.96. The van der Waals surface area contributed by atoms with Crippen LogP contribution < -0.4 is 4.74 Å². The van der Waals surface area contributed by atoms with Gasteiger partial charge in [-0.15, -0.1) is 0 Å². The van der Waals surface area contributed by atoms with Crippen LogP contribution in [0.1, 0.15) is 26.2 Å². The van der Waals surface area contributed by atoms with E-state index in [0.717, 1.165) is 6.42 Å². The van der Waals surface area contributed by atoms with Crippen molar-refractivity contribution in [3.63, 3.8) is 0 Å². The van der Waals surface area contributed by atoms with Gasteiger partial charge in [0.05, 0.1) is 17.4 Å². The summed E-state index contributed by atoms with van der Waals surface area (Å²) in [7, 11) is -3.56. The number of aliphatic carboxylic acids is 1. The molecule has 0 atom stereocenters. The van der Waals surface area contributed by atoms with Crippen molar-refractivity contribution >= 4 is 16.0 Å². The maximum Gasteiger partial charge on any atom is 0.306 e. The molecule has 0 unspecified atom stereocenters. The Hall–Kier alpha value is -1.60. The van der Waals surface area contributed by atoms with Gasteiger partial charge in [-0.25, -0.2) is 8.42 Å². The van der Waals surface area contributed by atoms with Crippen LogP contribution in [0.5, 0.6) is 5.75 Å². The average Bonchev–Trinajstić information content (AvgIpc) is 2.53. The first-order valence-electron chi connectivity index (χ1n) is 7.41. The van der Waals surface area contributed by atoms with E-state index in [1.165, 1.54) is 16.4 Å². The van der Waals surface area contributed by atoms with Crippen LogP contribution in [0.3, 0.4) is 0 Å². The summed E-state index contributed by atoms with van der Waals surface area (Å²) in [6.45, 7) is 3.08. The van der Waals surface area contributed by atoms with Crippen molar-refractivity contribution in [3.8, 4) is 5.75 Å². The first-order valence-corrected chi connectivity index (χ1v) is 8.85. The Morgan fingerprint density at radius 3 is 2.36 bits per heavy atom. The molecule has 0 amide bonds. The van der Waals surface area contributed by atoms with Crippen molar-refractivity contribution < 1.29 is 23.1 Å². The maximum atomic E-state index is 12.5. The smallest absolute Gasteiger partial charge is 0.306 e. The van der Waals surface area contributed by atoms with E-state index in [2.05, 4.69) is 0 Å². The number of rotatable bonds is 6. The van der Waals surface area contributed by atoms with Crippen molar-refractivity contribution in [3.05, 3.63) is 24.3 Å². The molecule has 0 radical (unpaired) electrons. The Labute approximate surface area is 130 Å². The van der Waals surface area contributed by atoms with Crippen molar-refractivity contribution in [2.24, 2.45) is 5.92 Å². The molecule has 0 aliphatic carbocycles. The molecule has 1 N–H and O–H groups in total. The lowest BCUT2D eigenvalue weighted by Crippen LogP contribution is -2.40. The second-order valence-corrected chi connectivity index (χ2v) is 7.27. The van der Waals surface area contributed by atoms with Gasteiger partial charge in [0.15, 0.2) is 0 Å². The lowest BCUT2D eigenvalue weighted by atomic mass is 9.99. The minimum atomic E-state index is -3.56. The third kappa shape index (κ3) is 3.78. The van der Waals surface area contributed by atoms with Crippen LogP contribution >= 0.6 is 0 Å². The molecule has 0 aromatic heterocycles. The van der Waals surface area contributed by atoms with Crippen LogP contribution in [0.4, 0.5) is 0 Å². The highest BCUT2D eigenvalue weighted by atomic mass is 32.2. The van der Waals surface area contributed by atoms with Crippen LogP contribution in [0, 0.1) is 5.92 Å². The molecular weight excluding hydrogens is 306 g/mol. The van der Waals surface area contributed by atoms with Gasteiger partial charge in [0.2, 0.25) is 10.0 Å². The Morgan fingerprint density at radius 1 is 1.27 bits per heavy atom. The molecule has 1 aromatic rings. The summed E-state index contributed by atoms with van der Waals surface area (Å²) in [6, 6.07) is 6.35. The summed E-state index contributed by atoms with van der Waals surface area (Å²) in [4.78, 5) is 11.1. The highest BCUT2D eigenvalue weighted by Gasteiger charge is 2.31. The summed E-state index contributed by atoms with van der Waals surface area (Å²) in [6.07, 6.45) is 1.59. The average molecular weight is 327 g/mol. The predicted molar refractivity (Wildman–Crippen MR) is 81.3 cm³/mol. The Balaban J connectivity index is 2.06. The quantitative estimate of drug-likeness (QED) is 0.863. The second-order valence-electron chi connectivity index (χ2n) is 5.34. The molecule has 0 spiro atoms. The zero-order valence-electron chi connectivity index (χ0n) is 12.6. The summed E-state index contributed by atoms with van der Waals surface area (Å²) < 4.78 is 31.8. The number of benzene rings is 1. The fourth-order valence-electron chi connectivity index (χ4n) is 2.42. The van der Waals surface area contributed by atoms with Crippen molar-refractivity contribution in [2.45, 2.75) is 31.1 Å². The van der Waals surface area contributed by atoms with Gasteiger partial charge in [-0.3, -0.25) is 4.79 Å². The van der Waals surface area contributed by atoms with Crippen LogP contribution in [0.2, 0.25) is 0 Å². The fraction of sp³-hybridized carbons (Fsp3) is 0.533. The van der Waals surface area contributed by atoms with Crippen LogP contribution in [0.25, 0.3) is 0 Å². The Kier molecular flexibility index (Phi) is 5.42. The Bertz CT molecular complexity index is 603. The molecule has 1 fully saturated rings. The van der Waals surface area contributed by atoms with Gasteiger partial charge in [-0.05, 0) is 43.5 Å². The van der Waals surface area contributed by atoms with Gasteiger partial charge in [-0.2, -0.15) is 4.31 Å². The summed E-state index contributed by atoms with van der Waals surface area (Å²) in [5.74, 6) is -0.656. The fourth-order valence-corrected chi connectivity index (χ4v) is 3.89. The number of hydrogen-bond acceptors (Lipinski definition) is 4. The number of carboxylic acids is 1. The van der Waals surface area contributed by atoms with E-state index < -0.39 is 21.9 Å². The van der Waals surface area contributed by atoms with Crippen LogP contribution in [0.15, 0.2) is 29.2 Å². The molecule has 1 aromatic carbocycles. The van der Waals surface area contributed by atoms with Gasteiger partial charge < -0.3 is 9.84 Å². The zero-order chi connectivity index (χ0) is 16.2. The molecule has 1 aliphatic rings. The largest absolute Gasteiger partial charge is 0.494 e. The second kappa shape index (κ2) is 7.11.